The Bertz CT molecular complexity index is 661. The molecule has 0 amide bonds. The summed E-state index contributed by atoms with van der Waals surface area (Å²) in [5, 5.41) is 11.0. The fourth-order valence-electron chi connectivity index (χ4n) is 1.75. The molecule has 0 aliphatic carbocycles. The minimum Gasteiger partial charge on any atom is -0.482 e. The molecule has 20 heavy (non-hydrogen) atoms. The summed E-state index contributed by atoms with van der Waals surface area (Å²) in [6, 6.07) is 9.21. The van der Waals surface area contributed by atoms with Crippen LogP contribution in [0.3, 0.4) is 0 Å². The molecule has 2 aromatic rings. The monoisotopic (exact) mass is 339 g/mol. The highest BCUT2D eigenvalue weighted by molar-refractivity contribution is 9.10. The average Bonchev–Trinajstić information content (AvgIpc) is 2.40. The Kier molecular flexibility index (Phi) is 4.34. The van der Waals surface area contributed by atoms with Gasteiger partial charge in [0.25, 0.3) is 0 Å². The van der Waals surface area contributed by atoms with Crippen molar-refractivity contribution < 1.29 is 14.1 Å². The molecule has 0 bridgehead atoms. The van der Waals surface area contributed by atoms with Gasteiger partial charge in [0, 0.05) is 6.07 Å². The zero-order valence-corrected chi connectivity index (χ0v) is 12.2. The SMILES string of the molecule is Cc1cccc([N+](=O)[O-])c1OCc1ccc(F)c(Br)c1. The number of nitro benzene ring substituents is 1. The van der Waals surface area contributed by atoms with E-state index in [9.17, 15) is 14.5 Å². The van der Waals surface area contributed by atoms with Crippen LogP contribution in [0.15, 0.2) is 40.9 Å². The van der Waals surface area contributed by atoms with E-state index in [1.54, 1.807) is 31.2 Å². The smallest absolute Gasteiger partial charge is 0.311 e. The second kappa shape index (κ2) is 6.00. The number of aryl methyl sites for hydroxylation is 1. The predicted octanol–water partition coefficient (Wildman–Crippen LogP) is 4.38. The van der Waals surface area contributed by atoms with Gasteiger partial charge in [0.15, 0.2) is 5.75 Å². The first-order valence-electron chi connectivity index (χ1n) is 5.80. The molecule has 0 radical (unpaired) electrons. The van der Waals surface area contributed by atoms with Crippen molar-refractivity contribution in [2.75, 3.05) is 0 Å². The molecule has 0 unspecified atom stereocenters. The van der Waals surface area contributed by atoms with Gasteiger partial charge in [-0.05, 0) is 46.1 Å². The minimum absolute atomic E-state index is 0.0776. The van der Waals surface area contributed by atoms with Gasteiger partial charge in [0.1, 0.15) is 12.4 Å². The highest BCUT2D eigenvalue weighted by Gasteiger charge is 2.17. The number of rotatable bonds is 4. The molecule has 0 fully saturated rings. The summed E-state index contributed by atoms with van der Waals surface area (Å²) in [6.07, 6.45) is 0. The molecular weight excluding hydrogens is 329 g/mol. The molecule has 0 saturated heterocycles. The lowest BCUT2D eigenvalue weighted by Gasteiger charge is -2.09. The third kappa shape index (κ3) is 3.14. The number of hydrogen-bond donors (Lipinski definition) is 0. The van der Waals surface area contributed by atoms with Gasteiger partial charge in [-0.3, -0.25) is 10.1 Å². The zero-order chi connectivity index (χ0) is 14.7. The van der Waals surface area contributed by atoms with Gasteiger partial charge < -0.3 is 4.74 Å². The van der Waals surface area contributed by atoms with Gasteiger partial charge in [0.05, 0.1) is 9.40 Å². The summed E-state index contributed by atoms with van der Waals surface area (Å²) >= 11 is 3.09. The minimum atomic E-state index is -0.483. The maximum absolute atomic E-state index is 13.1. The van der Waals surface area contributed by atoms with Crippen molar-refractivity contribution in [1.29, 1.82) is 0 Å². The molecule has 0 N–H and O–H groups in total. The Morgan fingerprint density at radius 3 is 2.75 bits per heavy atom. The van der Waals surface area contributed by atoms with Crippen molar-refractivity contribution in [2.24, 2.45) is 0 Å². The van der Waals surface area contributed by atoms with Crippen LogP contribution in [0.25, 0.3) is 0 Å². The normalized spacial score (nSPS) is 10.3. The van der Waals surface area contributed by atoms with Crippen molar-refractivity contribution in [2.45, 2.75) is 13.5 Å². The molecule has 0 spiro atoms. The van der Waals surface area contributed by atoms with Crippen LogP contribution in [0.2, 0.25) is 0 Å². The molecule has 0 heterocycles. The Balaban J connectivity index is 2.22. The van der Waals surface area contributed by atoms with Crippen molar-refractivity contribution >= 4 is 21.6 Å². The topological polar surface area (TPSA) is 52.4 Å². The Morgan fingerprint density at radius 1 is 1.35 bits per heavy atom. The standard InChI is InChI=1S/C14H11BrFNO3/c1-9-3-2-4-13(17(18)19)14(9)20-8-10-5-6-12(16)11(15)7-10/h2-7H,8H2,1H3. The van der Waals surface area contributed by atoms with Crippen LogP contribution in [0.1, 0.15) is 11.1 Å². The fourth-order valence-corrected chi connectivity index (χ4v) is 2.18. The summed E-state index contributed by atoms with van der Waals surface area (Å²) in [6.45, 7) is 1.87. The molecule has 2 aromatic carbocycles. The third-order valence-corrected chi connectivity index (χ3v) is 3.36. The summed E-state index contributed by atoms with van der Waals surface area (Å²) in [4.78, 5) is 10.5. The Labute approximate surface area is 123 Å². The van der Waals surface area contributed by atoms with E-state index in [0.29, 0.717) is 10.0 Å². The summed E-state index contributed by atoms with van der Waals surface area (Å²) in [5.41, 5.74) is 1.32. The summed E-state index contributed by atoms with van der Waals surface area (Å²) < 4.78 is 19.0. The number of para-hydroxylation sites is 1. The molecule has 0 aromatic heterocycles. The average molecular weight is 340 g/mol. The Morgan fingerprint density at radius 2 is 2.10 bits per heavy atom. The van der Waals surface area contributed by atoms with E-state index in [1.165, 1.54) is 12.1 Å². The first-order chi connectivity index (χ1) is 9.49. The van der Waals surface area contributed by atoms with Crippen LogP contribution in [0.5, 0.6) is 5.75 Å². The van der Waals surface area contributed by atoms with E-state index in [1.807, 2.05) is 0 Å². The van der Waals surface area contributed by atoms with E-state index in [-0.39, 0.29) is 23.9 Å². The van der Waals surface area contributed by atoms with Crippen LogP contribution < -0.4 is 4.74 Å². The number of benzene rings is 2. The van der Waals surface area contributed by atoms with Crippen LogP contribution >= 0.6 is 15.9 Å². The lowest BCUT2D eigenvalue weighted by Crippen LogP contribution is -2.01. The van der Waals surface area contributed by atoms with Gasteiger partial charge in [-0.2, -0.15) is 0 Å². The van der Waals surface area contributed by atoms with E-state index in [2.05, 4.69) is 15.9 Å². The van der Waals surface area contributed by atoms with Gasteiger partial charge in [-0.15, -0.1) is 0 Å². The van der Waals surface area contributed by atoms with Crippen LogP contribution in [-0.4, -0.2) is 4.92 Å². The number of halogens is 2. The van der Waals surface area contributed by atoms with E-state index < -0.39 is 4.92 Å². The van der Waals surface area contributed by atoms with Crippen LogP contribution in [0, 0.1) is 22.9 Å². The second-order valence-electron chi connectivity index (χ2n) is 4.22. The molecule has 6 heteroatoms. The van der Waals surface area contributed by atoms with Crippen molar-refractivity contribution in [3.05, 3.63) is 67.9 Å². The molecule has 104 valence electrons. The van der Waals surface area contributed by atoms with Crippen LogP contribution in [0.4, 0.5) is 10.1 Å². The molecule has 4 nitrogen and oxygen atoms in total. The van der Waals surface area contributed by atoms with E-state index in [4.69, 9.17) is 4.74 Å². The van der Waals surface area contributed by atoms with Crippen LogP contribution in [-0.2, 0) is 6.61 Å². The fraction of sp³-hybridized carbons (Fsp3) is 0.143. The summed E-state index contributed by atoms with van der Waals surface area (Å²) in [7, 11) is 0. The first kappa shape index (κ1) is 14.5. The van der Waals surface area contributed by atoms with E-state index in [0.717, 1.165) is 5.56 Å². The van der Waals surface area contributed by atoms with Crippen molar-refractivity contribution in [1.82, 2.24) is 0 Å². The maximum atomic E-state index is 13.1. The molecular formula is C14H11BrFNO3. The highest BCUT2D eigenvalue weighted by Crippen LogP contribution is 2.31. The number of nitro groups is 1. The zero-order valence-electron chi connectivity index (χ0n) is 10.6. The quantitative estimate of drug-likeness (QED) is 0.613. The van der Waals surface area contributed by atoms with E-state index >= 15 is 0 Å². The molecule has 0 aliphatic rings. The van der Waals surface area contributed by atoms with Gasteiger partial charge in [0.2, 0.25) is 0 Å². The Hall–Kier alpha value is -1.95. The van der Waals surface area contributed by atoms with Gasteiger partial charge in [-0.1, -0.05) is 18.2 Å². The molecule has 2 rings (SSSR count). The predicted molar refractivity (Wildman–Crippen MR) is 76.3 cm³/mol. The summed E-state index contributed by atoms with van der Waals surface area (Å²) in [5.74, 6) is -0.131. The second-order valence-corrected chi connectivity index (χ2v) is 5.07. The lowest BCUT2D eigenvalue weighted by atomic mass is 10.2. The molecule has 0 aliphatic heterocycles. The molecule has 0 saturated carbocycles. The maximum Gasteiger partial charge on any atom is 0.311 e. The largest absolute Gasteiger partial charge is 0.482 e. The van der Waals surface area contributed by atoms with Gasteiger partial charge in [-0.25, -0.2) is 4.39 Å². The van der Waals surface area contributed by atoms with Gasteiger partial charge >= 0.3 is 5.69 Å². The molecule has 0 atom stereocenters. The first-order valence-corrected chi connectivity index (χ1v) is 6.59. The number of hydrogen-bond acceptors (Lipinski definition) is 3. The van der Waals surface area contributed by atoms with Crippen molar-refractivity contribution in [3.8, 4) is 5.75 Å². The highest BCUT2D eigenvalue weighted by atomic mass is 79.9. The van der Waals surface area contributed by atoms with Crippen molar-refractivity contribution in [3.63, 3.8) is 0 Å². The number of nitrogens with zero attached hydrogens (tertiary/aromatic N) is 1. The number of ether oxygens (including phenoxy) is 1. The third-order valence-electron chi connectivity index (χ3n) is 2.75. The lowest BCUT2D eigenvalue weighted by molar-refractivity contribution is -0.386.